The molecule has 7 rings (SSSR count). The van der Waals surface area contributed by atoms with Gasteiger partial charge in [-0.2, -0.15) is 0 Å². The van der Waals surface area contributed by atoms with Gasteiger partial charge >= 0.3 is 18.3 Å². The fourth-order valence-corrected chi connectivity index (χ4v) is 6.71. The molecule has 1 saturated heterocycles. The molecule has 1 fully saturated rings. The maximum Gasteiger partial charge on any atom is 0.509 e. The van der Waals surface area contributed by atoms with Crippen LogP contribution in [0.25, 0.3) is 21.9 Å². The zero-order valence-electron chi connectivity index (χ0n) is 30.0. The van der Waals surface area contributed by atoms with Crippen LogP contribution >= 0.6 is 0 Å². The number of carbonyl (C=O) groups excluding carboxylic acids is 3. The zero-order chi connectivity index (χ0) is 39.2. The average Bonchev–Trinajstić information content (AvgIpc) is 3.85. The number of fused-ring (bicyclic) bond motifs is 3. The van der Waals surface area contributed by atoms with Gasteiger partial charge in [0.15, 0.2) is 23.7 Å². The average molecular weight is 771 g/mol. The van der Waals surface area contributed by atoms with E-state index in [-0.39, 0.29) is 51.1 Å². The number of ether oxygens (including phenoxy) is 10. The molecular formula is C41H38O15. The SMILES string of the molecule is C=CCOC(=O)O[C@@H]1COC(Oc2c3c(c(-c4ccc5c(c4)OCO5)c4cc(CO)c(CO)cc24)C(=O)OC3)[C@H](OC(=O)OCC=C)[C@H]1OCc1ccccc1. The highest BCUT2D eigenvalue weighted by Crippen LogP contribution is 2.48. The number of hydrogen-bond acceptors (Lipinski definition) is 15. The van der Waals surface area contributed by atoms with Crippen molar-refractivity contribution in [2.24, 2.45) is 0 Å². The normalized spacial score (nSPS) is 19.4. The van der Waals surface area contributed by atoms with Crippen LogP contribution in [0.15, 0.2) is 86.0 Å². The first kappa shape index (κ1) is 38.2. The molecule has 56 heavy (non-hydrogen) atoms. The molecule has 4 aromatic rings. The van der Waals surface area contributed by atoms with Gasteiger partial charge in [0.2, 0.25) is 13.1 Å². The third-order valence-electron chi connectivity index (χ3n) is 9.25. The molecule has 292 valence electrons. The van der Waals surface area contributed by atoms with Gasteiger partial charge in [-0.1, -0.05) is 61.7 Å². The third-order valence-corrected chi connectivity index (χ3v) is 9.25. The second-order valence-electron chi connectivity index (χ2n) is 12.7. The summed E-state index contributed by atoms with van der Waals surface area (Å²) in [6.45, 7) is 5.45. The van der Waals surface area contributed by atoms with Gasteiger partial charge in [0.25, 0.3) is 0 Å². The van der Waals surface area contributed by atoms with Crippen molar-refractivity contribution in [1.82, 2.24) is 0 Å². The maximum atomic E-state index is 13.6. The van der Waals surface area contributed by atoms with Crippen LogP contribution in [-0.4, -0.2) is 79.7 Å². The monoisotopic (exact) mass is 770 g/mol. The first-order valence-corrected chi connectivity index (χ1v) is 17.6. The molecule has 3 aliphatic rings. The fraction of sp³-hybridized carbons (Fsp3) is 0.293. The molecule has 15 nitrogen and oxygen atoms in total. The van der Waals surface area contributed by atoms with Crippen molar-refractivity contribution in [3.63, 3.8) is 0 Å². The Morgan fingerprint density at radius 2 is 1.50 bits per heavy atom. The number of aliphatic hydroxyl groups excluding tert-OH is 2. The van der Waals surface area contributed by atoms with E-state index in [4.69, 9.17) is 47.4 Å². The number of cyclic esters (lactones) is 1. The lowest BCUT2D eigenvalue weighted by molar-refractivity contribution is -0.258. The Kier molecular flexibility index (Phi) is 11.7. The van der Waals surface area contributed by atoms with Gasteiger partial charge in [0, 0.05) is 16.5 Å². The van der Waals surface area contributed by atoms with E-state index in [1.807, 2.05) is 30.3 Å². The number of rotatable bonds is 14. The number of benzene rings is 4. The minimum Gasteiger partial charge on any atom is -0.460 e. The van der Waals surface area contributed by atoms with E-state index in [1.165, 1.54) is 12.2 Å². The first-order valence-electron chi connectivity index (χ1n) is 17.6. The van der Waals surface area contributed by atoms with Crippen molar-refractivity contribution in [3.8, 4) is 28.4 Å². The summed E-state index contributed by atoms with van der Waals surface area (Å²) in [5.41, 5.74) is 3.09. The largest absolute Gasteiger partial charge is 0.509 e. The smallest absolute Gasteiger partial charge is 0.460 e. The lowest BCUT2D eigenvalue weighted by Gasteiger charge is -2.40. The Morgan fingerprint density at radius 3 is 2.21 bits per heavy atom. The molecule has 15 heteroatoms. The summed E-state index contributed by atoms with van der Waals surface area (Å²) in [7, 11) is 0. The summed E-state index contributed by atoms with van der Waals surface area (Å²) < 4.78 is 57.5. The summed E-state index contributed by atoms with van der Waals surface area (Å²) in [6, 6.07) is 17.6. The molecule has 0 saturated carbocycles. The van der Waals surface area contributed by atoms with Gasteiger partial charge in [-0.05, 0) is 51.9 Å². The Hall–Kier alpha value is -6.13. The topological polar surface area (TPSA) is 184 Å². The van der Waals surface area contributed by atoms with E-state index in [1.54, 1.807) is 30.3 Å². The summed E-state index contributed by atoms with van der Waals surface area (Å²) in [5, 5.41) is 21.6. The molecule has 0 aromatic heterocycles. The van der Waals surface area contributed by atoms with E-state index in [0.29, 0.717) is 50.1 Å². The Morgan fingerprint density at radius 1 is 0.804 bits per heavy atom. The highest BCUT2D eigenvalue weighted by Gasteiger charge is 2.49. The number of hydrogen-bond donors (Lipinski definition) is 2. The van der Waals surface area contributed by atoms with Crippen LogP contribution < -0.4 is 14.2 Å². The molecule has 0 radical (unpaired) electrons. The molecule has 4 atom stereocenters. The predicted molar refractivity (Wildman–Crippen MR) is 195 cm³/mol. The van der Waals surface area contributed by atoms with E-state index in [0.717, 1.165) is 5.56 Å². The third kappa shape index (κ3) is 7.83. The molecule has 4 aromatic carbocycles. The molecular weight excluding hydrogens is 732 g/mol. The van der Waals surface area contributed by atoms with Crippen LogP contribution in [0, 0.1) is 0 Å². The summed E-state index contributed by atoms with van der Waals surface area (Å²) in [4.78, 5) is 39.4. The molecule has 0 spiro atoms. The molecule has 0 amide bonds. The van der Waals surface area contributed by atoms with Crippen molar-refractivity contribution in [3.05, 3.63) is 114 Å². The summed E-state index contributed by atoms with van der Waals surface area (Å²) >= 11 is 0. The quantitative estimate of drug-likeness (QED) is 0.0914. The van der Waals surface area contributed by atoms with Crippen molar-refractivity contribution >= 4 is 29.1 Å². The van der Waals surface area contributed by atoms with Crippen LogP contribution in [0.3, 0.4) is 0 Å². The summed E-state index contributed by atoms with van der Waals surface area (Å²) in [5.74, 6) is 0.464. The molecule has 1 unspecified atom stereocenters. The van der Waals surface area contributed by atoms with Crippen LogP contribution in [-0.2, 0) is 59.6 Å². The van der Waals surface area contributed by atoms with Crippen molar-refractivity contribution < 1.29 is 72.0 Å². The number of carbonyl (C=O) groups is 3. The van der Waals surface area contributed by atoms with E-state index >= 15 is 0 Å². The van der Waals surface area contributed by atoms with E-state index in [2.05, 4.69) is 13.2 Å². The van der Waals surface area contributed by atoms with Crippen molar-refractivity contribution in [1.29, 1.82) is 0 Å². The van der Waals surface area contributed by atoms with Crippen LogP contribution in [0.1, 0.15) is 32.6 Å². The van der Waals surface area contributed by atoms with Crippen LogP contribution in [0.5, 0.6) is 17.2 Å². The molecule has 2 N–H and O–H groups in total. The van der Waals surface area contributed by atoms with E-state index < -0.39 is 56.1 Å². The maximum absolute atomic E-state index is 13.6. The summed E-state index contributed by atoms with van der Waals surface area (Å²) in [6.07, 6.45) is -4.79. The zero-order valence-corrected chi connectivity index (χ0v) is 30.0. The molecule has 0 bridgehead atoms. The highest BCUT2D eigenvalue weighted by molar-refractivity contribution is 6.13. The second-order valence-corrected chi connectivity index (χ2v) is 12.7. The Labute approximate surface area is 320 Å². The van der Waals surface area contributed by atoms with E-state index in [9.17, 15) is 24.6 Å². The Bertz CT molecular complexity index is 2130. The highest BCUT2D eigenvalue weighted by atomic mass is 16.8. The van der Waals surface area contributed by atoms with Gasteiger partial charge in [0.1, 0.15) is 31.7 Å². The van der Waals surface area contributed by atoms with Gasteiger partial charge in [-0.3, -0.25) is 0 Å². The van der Waals surface area contributed by atoms with Crippen molar-refractivity contribution in [2.75, 3.05) is 26.6 Å². The van der Waals surface area contributed by atoms with Crippen molar-refractivity contribution in [2.45, 2.75) is 51.0 Å². The Balaban J connectivity index is 1.35. The minimum atomic E-state index is -1.47. The lowest BCUT2D eigenvalue weighted by Crippen LogP contribution is -2.58. The van der Waals surface area contributed by atoms with Gasteiger partial charge in [-0.25, -0.2) is 14.4 Å². The molecule has 3 heterocycles. The van der Waals surface area contributed by atoms with Crippen LogP contribution in [0.4, 0.5) is 9.59 Å². The standard InChI is InChI=1S/C41H38O15/c1-3-12-47-40(45)54-32-21-51-39(37(56-41(46)48-13-4-2)36(32)49-19-23-8-6-5-7-9-23)55-35-28-15-26(18-43)25(17-42)14-27(28)33(34-29(35)20-50-38(34)44)24-10-11-30-31(16-24)53-22-52-30/h3-11,14-16,32,36-37,39,42-43H,1-2,12-13,17-22H2/t32-,36+,37-,39?/m1/s1. The molecule has 0 aliphatic carbocycles. The second kappa shape index (κ2) is 17.1. The van der Waals surface area contributed by atoms with Gasteiger partial charge in [0.05, 0.1) is 32.0 Å². The number of aliphatic hydroxyl groups is 2. The van der Waals surface area contributed by atoms with Gasteiger partial charge in [-0.15, -0.1) is 0 Å². The minimum absolute atomic E-state index is 0.00391. The lowest BCUT2D eigenvalue weighted by atomic mass is 9.87. The first-order chi connectivity index (χ1) is 27.3. The number of esters is 1. The van der Waals surface area contributed by atoms with Gasteiger partial charge < -0.3 is 57.6 Å². The predicted octanol–water partition coefficient (Wildman–Crippen LogP) is 5.63. The molecule has 3 aliphatic heterocycles. The van der Waals surface area contributed by atoms with Crippen LogP contribution in [0.2, 0.25) is 0 Å². The fourth-order valence-electron chi connectivity index (χ4n) is 6.71.